The molecule has 8 rings (SSSR count). The first kappa shape index (κ1) is 35.2. The summed E-state index contributed by atoms with van der Waals surface area (Å²) in [7, 11) is 1.45. The van der Waals surface area contributed by atoms with Gasteiger partial charge in [-0.25, -0.2) is 9.59 Å². The molecule has 2 saturated heterocycles. The maximum atomic E-state index is 14.1. The molecule has 4 atom stereocenters. The number of aromatic nitrogens is 4. The number of aromatic amines is 1. The van der Waals surface area contributed by atoms with Crippen LogP contribution in [-0.2, 0) is 0 Å². The Hall–Kier alpha value is -4.84. The van der Waals surface area contributed by atoms with Gasteiger partial charge in [-0.15, -0.1) is 0 Å². The number of aryl methyl sites for hydroxylation is 1. The molecule has 2 aliphatic carbocycles. The molecule has 4 fully saturated rings. The number of aliphatic hydroxyl groups is 4. The second-order valence-electron chi connectivity index (χ2n) is 15.0. The molecule has 0 spiro atoms. The summed E-state index contributed by atoms with van der Waals surface area (Å²) in [5, 5.41) is 45.2. The summed E-state index contributed by atoms with van der Waals surface area (Å²) in [6, 6.07) is 3.10. The van der Waals surface area contributed by atoms with Crippen LogP contribution < -0.4 is 48.2 Å². The van der Waals surface area contributed by atoms with Gasteiger partial charge >= 0.3 is 11.4 Å². The number of hydrogen-bond acceptors (Lipinski definition) is 13. The molecular formula is C36H46N8O9. The number of hydrogen-bond donors (Lipinski definition) is 7. The highest BCUT2D eigenvalue weighted by molar-refractivity contribution is 6.05. The van der Waals surface area contributed by atoms with Crippen molar-refractivity contribution in [1.82, 2.24) is 18.8 Å². The average molecular weight is 735 g/mol. The lowest BCUT2D eigenvalue weighted by Gasteiger charge is -2.38. The van der Waals surface area contributed by atoms with Gasteiger partial charge in [0.15, 0.2) is 5.75 Å². The van der Waals surface area contributed by atoms with E-state index in [1.54, 1.807) is 16.7 Å². The lowest BCUT2D eigenvalue weighted by atomic mass is 9.93. The van der Waals surface area contributed by atoms with E-state index < -0.39 is 34.7 Å². The quantitative estimate of drug-likeness (QED) is 0.112. The standard InChI is InChI=1S/C36H46N8O9/c1-17-24(40-9-7-18(15-45)26(47)13-40)11-22(28-30(17)42(20-3-4-20)35(51)39-33(28)49)38-23-12-25(41-10-8-19(16-46)27(48)14-41)32(53-2)31-29(23)34(50)44(37)36(52)43(31)21-5-6-21/h11-12,18-21,26-27,38,45-48H,3-10,13-16,37H2,1-2H3,(H,39,49,51). The summed E-state index contributed by atoms with van der Waals surface area (Å²) in [6.07, 6.45) is 2.20. The maximum Gasteiger partial charge on any atom is 0.350 e. The van der Waals surface area contributed by atoms with E-state index in [2.05, 4.69) is 10.3 Å². The molecule has 17 heteroatoms. The van der Waals surface area contributed by atoms with Gasteiger partial charge in [0.05, 0.1) is 52.7 Å². The lowest BCUT2D eigenvalue weighted by Crippen LogP contribution is -2.46. The molecule has 284 valence electrons. The van der Waals surface area contributed by atoms with Crippen molar-refractivity contribution in [3.05, 3.63) is 59.4 Å². The second kappa shape index (κ2) is 13.2. The Labute approximate surface area is 302 Å². The number of nitrogens with zero attached hydrogens (tertiary/aromatic N) is 5. The first-order valence-electron chi connectivity index (χ1n) is 18.3. The summed E-state index contributed by atoms with van der Waals surface area (Å²) >= 11 is 0. The van der Waals surface area contributed by atoms with Gasteiger partial charge in [-0.05, 0) is 63.1 Å². The van der Waals surface area contributed by atoms with Gasteiger partial charge in [-0.1, -0.05) is 0 Å². The number of nitrogens with two attached hydrogens (primary N) is 1. The van der Waals surface area contributed by atoms with Gasteiger partial charge in [-0.2, -0.15) is 4.68 Å². The van der Waals surface area contributed by atoms with Gasteiger partial charge in [-0.3, -0.25) is 23.7 Å². The van der Waals surface area contributed by atoms with E-state index in [1.165, 1.54) is 11.7 Å². The summed E-state index contributed by atoms with van der Waals surface area (Å²) in [6.45, 7) is 2.80. The molecule has 0 amide bonds. The zero-order valence-corrected chi connectivity index (χ0v) is 29.7. The van der Waals surface area contributed by atoms with Crippen LogP contribution in [0.5, 0.6) is 5.75 Å². The fourth-order valence-corrected chi connectivity index (χ4v) is 8.39. The monoisotopic (exact) mass is 734 g/mol. The fraction of sp³-hybridized carbons (Fsp3) is 0.556. The van der Waals surface area contributed by atoms with Crippen LogP contribution in [0.2, 0.25) is 0 Å². The summed E-state index contributed by atoms with van der Waals surface area (Å²) < 4.78 is 9.64. The zero-order valence-electron chi connectivity index (χ0n) is 29.7. The molecule has 0 bridgehead atoms. The van der Waals surface area contributed by atoms with Crippen LogP contribution in [0.4, 0.5) is 22.7 Å². The number of methoxy groups -OCH3 is 1. The highest BCUT2D eigenvalue weighted by Gasteiger charge is 2.36. The smallest absolute Gasteiger partial charge is 0.350 e. The average Bonchev–Trinajstić information content (AvgIpc) is 4.08. The van der Waals surface area contributed by atoms with Crippen molar-refractivity contribution in [3.8, 4) is 5.75 Å². The molecule has 4 heterocycles. The minimum Gasteiger partial charge on any atom is -0.492 e. The number of piperidine rings is 2. The summed E-state index contributed by atoms with van der Waals surface area (Å²) in [5.41, 5.74) is 0.301. The molecule has 4 aromatic rings. The number of nitrogen functional groups attached to an aromatic ring is 1. The second-order valence-corrected chi connectivity index (χ2v) is 15.0. The maximum absolute atomic E-state index is 14.1. The molecule has 2 aliphatic heterocycles. The Morgan fingerprint density at radius 2 is 1.36 bits per heavy atom. The van der Waals surface area contributed by atoms with Crippen molar-refractivity contribution in [1.29, 1.82) is 0 Å². The van der Waals surface area contributed by atoms with Gasteiger partial charge in [0.25, 0.3) is 11.1 Å². The lowest BCUT2D eigenvalue weighted by molar-refractivity contribution is 0.0543. The minimum atomic E-state index is -0.861. The topological polar surface area (TPSA) is 234 Å². The van der Waals surface area contributed by atoms with Crippen LogP contribution in [-0.4, -0.2) is 97.9 Å². The number of fused-ring (bicyclic) bond motifs is 2. The van der Waals surface area contributed by atoms with Crippen molar-refractivity contribution in [2.45, 2.75) is 69.7 Å². The third kappa shape index (κ3) is 5.77. The Morgan fingerprint density at radius 3 is 1.91 bits per heavy atom. The number of anilines is 4. The van der Waals surface area contributed by atoms with E-state index in [9.17, 15) is 39.6 Å². The van der Waals surface area contributed by atoms with E-state index in [0.717, 1.165) is 12.8 Å². The number of β-amino-alcohol motifs (C(OH)–C–C–N with tert-alkyl or cyclic N) is 2. The van der Waals surface area contributed by atoms with E-state index in [-0.39, 0.29) is 83.6 Å². The predicted molar refractivity (Wildman–Crippen MR) is 199 cm³/mol. The molecule has 2 aromatic heterocycles. The molecule has 4 aliphatic rings. The van der Waals surface area contributed by atoms with E-state index in [0.29, 0.717) is 65.9 Å². The van der Waals surface area contributed by atoms with Crippen LogP contribution in [0.1, 0.15) is 56.2 Å². The largest absolute Gasteiger partial charge is 0.492 e. The summed E-state index contributed by atoms with van der Waals surface area (Å²) in [5.74, 6) is 5.80. The number of aliphatic hydroxyl groups excluding tert-OH is 4. The first-order chi connectivity index (χ1) is 25.5. The molecule has 8 N–H and O–H groups in total. The highest BCUT2D eigenvalue weighted by atomic mass is 16.5. The number of ether oxygens (including phenoxy) is 1. The van der Waals surface area contributed by atoms with Crippen LogP contribution in [0, 0.1) is 18.8 Å². The highest BCUT2D eigenvalue weighted by Crippen LogP contribution is 2.46. The Kier molecular flexibility index (Phi) is 8.79. The number of benzene rings is 2. The fourth-order valence-electron chi connectivity index (χ4n) is 8.39. The predicted octanol–water partition coefficient (Wildman–Crippen LogP) is -0.0304. The molecule has 0 radical (unpaired) electrons. The van der Waals surface area contributed by atoms with Crippen molar-refractivity contribution in [2.75, 3.05) is 67.5 Å². The van der Waals surface area contributed by atoms with E-state index in [4.69, 9.17) is 10.6 Å². The molecule has 2 saturated carbocycles. The zero-order chi connectivity index (χ0) is 37.5. The minimum absolute atomic E-state index is 0.0480. The van der Waals surface area contributed by atoms with Gasteiger partial charge in [0.1, 0.15) is 5.52 Å². The SMILES string of the molecule is COc1c(N2CCC(CO)C(O)C2)cc(Nc2cc(N3CCC(CO)C(O)C3)c(C)c3c2c(=O)[nH]c(=O)n3C2CC2)c2c(=O)n(N)c(=O)n(C3CC3)c12. The van der Waals surface area contributed by atoms with Gasteiger partial charge in [0.2, 0.25) is 0 Å². The van der Waals surface area contributed by atoms with Crippen molar-refractivity contribution >= 4 is 44.6 Å². The number of H-pyrrole nitrogens is 1. The van der Waals surface area contributed by atoms with Crippen molar-refractivity contribution in [3.63, 3.8) is 0 Å². The molecule has 17 nitrogen and oxygen atoms in total. The Bertz CT molecular complexity index is 2360. The van der Waals surface area contributed by atoms with Crippen LogP contribution in [0.15, 0.2) is 31.3 Å². The van der Waals surface area contributed by atoms with Crippen molar-refractivity contribution in [2.24, 2.45) is 11.8 Å². The Balaban J connectivity index is 1.40. The number of rotatable bonds is 9. The molecule has 2 aromatic carbocycles. The molecular weight excluding hydrogens is 688 g/mol. The van der Waals surface area contributed by atoms with Crippen LogP contribution in [0.25, 0.3) is 21.8 Å². The third-order valence-electron chi connectivity index (χ3n) is 11.6. The Morgan fingerprint density at radius 1 is 0.811 bits per heavy atom. The van der Waals surface area contributed by atoms with Gasteiger partial charge in [0, 0.05) is 69.0 Å². The molecule has 53 heavy (non-hydrogen) atoms. The molecule has 4 unspecified atom stereocenters. The van der Waals surface area contributed by atoms with E-state index >= 15 is 0 Å². The van der Waals surface area contributed by atoms with Crippen LogP contribution in [0.3, 0.4) is 0 Å². The normalized spacial score (nSPS) is 23.6. The summed E-state index contributed by atoms with van der Waals surface area (Å²) in [4.78, 5) is 61.4. The van der Waals surface area contributed by atoms with Gasteiger partial charge < -0.3 is 46.1 Å². The van der Waals surface area contributed by atoms with Crippen LogP contribution >= 0.6 is 0 Å². The van der Waals surface area contributed by atoms with E-state index in [1.807, 2.05) is 16.7 Å². The van der Waals surface area contributed by atoms with Crippen molar-refractivity contribution < 1.29 is 25.2 Å². The first-order valence-corrected chi connectivity index (χ1v) is 18.3. The third-order valence-corrected chi connectivity index (χ3v) is 11.6. The number of nitrogens with one attached hydrogen (secondary N) is 2.